The van der Waals surface area contributed by atoms with Gasteiger partial charge in [0, 0.05) is 0 Å². The van der Waals surface area contributed by atoms with E-state index in [2.05, 4.69) is 13.8 Å². The van der Waals surface area contributed by atoms with Crippen LogP contribution < -0.4 is 0 Å². The van der Waals surface area contributed by atoms with Crippen molar-refractivity contribution in [2.45, 2.75) is 79.1 Å². The van der Waals surface area contributed by atoms with E-state index in [1.165, 1.54) is 0 Å². The Labute approximate surface area is 146 Å². The third-order valence-corrected chi connectivity index (χ3v) is 5.77. The van der Waals surface area contributed by atoms with E-state index in [4.69, 9.17) is 0 Å². The topological polar surface area (TPSA) is 74.6 Å². The van der Waals surface area contributed by atoms with Gasteiger partial charge in [-0.05, 0) is 37.5 Å². The summed E-state index contributed by atoms with van der Waals surface area (Å²) in [4.78, 5) is 24.7. The Balaban J connectivity index is 3.34. The Hall–Kier alpha value is -1.32. The molecule has 138 valence electrons. The minimum Gasteiger partial charge on any atom is -0.481 e. The second kappa shape index (κ2) is 8.68. The average Bonchev–Trinajstić information content (AvgIpc) is 2.51. The molecule has 0 fully saturated rings. The SMILES string of the molecule is CCCCC(CC)CC1(C(=O)O)CC=CCC1(CC(C)C)C(=O)O. The van der Waals surface area contributed by atoms with Gasteiger partial charge >= 0.3 is 11.9 Å². The molecule has 0 aromatic rings. The summed E-state index contributed by atoms with van der Waals surface area (Å²) < 4.78 is 0. The van der Waals surface area contributed by atoms with Gasteiger partial charge in [0.15, 0.2) is 0 Å². The zero-order chi connectivity index (χ0) is 18.4. The standard InChI is InChI=1S/C20H34O4/c1-5-7-10-16(6-2)14-20(18(23)24)12-9-8-11-19(20,17(21)22)13-15(3)4/h8-9,15-16H,5-7,10-14H2,1-4H3,(H,21,22)(H,23,24). The molecule has 0 bridgehead atoms. The highest BCUT2D eigenvalue weighted by Gasteiger charge is 2.61. The van der Waals surface area contributed by atoms with Crippen LogP contribution in [0, 0.1) is 22.7 Å². The fraction of sp³-hybridized carbons (Fsp3) is 0.800. The van der Waals surface area contributed by atoms with Crippen LogP contribution in [0.15, 0.2) is 12.2 Å². The van der Waals surface area contributed by atoms with Gasteiger partial charge in [-0.2, -0.15) is 0 Å². The number of carboxylic acid groups (broad SMARTS) is 2. The zero-order valence-electron chi connectivity index (χ0n) is 15.7. The second-order valence-electron chi connectivity index (χ2n) is 7.87. The van der Waals surface area contributed by atoms with Gasteiger partial charge in [0.05, 0.1) is 10.8 Å². The Morgan fingerprint density at radius 1 is 1.00 bits per heavy atom. The summed E-state index contributed by atoms with van der Waals surface area (Å²) in [6.45, 7) is 8.16. The molecule has 1 aliphatic rings. The van der Waals surface area contributed by atoms with Crippen LogP contribution in [0.3, 0.4) is 0 Å². The van der Waals surface area contributed by atoms with Gasteiger partial charge in [-0.3, -0.25) is 9.59 Å². The molecule has 1 rings (SSSR count). The van der Waals surface area contributed by atoms with Gasteiger partial charge in [-0.25, -0.2) is 0 Å². The molecule has 0 radical (unpaired) electrons. The Morgan fingerprint density at radius 3 is 1.88 bits per heavy atom. The minimum absolute atomic E-state index is 0.141. The largest absolute Gasteiger partial charge is 0.481 e. The van der Waals surface area contributed by atoms with Crippen molar-refractivity contribution in [1.29, 1.82) is 0 Å². The number of rotatable bonds is 10. The van der Waals surface area contributed by atoms with Crippen LogP contribution in [0.2, 0.25) is 0 Å². The van der Waals surface area contributed by atoms with E-state index in [0.29, 0.717) is 25.7 Å². The molecule has 24 heavy (non-hydrogen) atoms. The highest BCUT2D eigenvalue weighted by atomic mass is 16.4. The molecule has 0 aromatic heterocycles. The number of aliphatic carboxylic acids is 2. The van der Waals surface area contributed by atoms with Crippen molar-refractivity contribution in [1.82, 2.24) is 0 Å². The fourth-order valence-corrected chi connectivity index (χ4v) is 4.41. The molecule has 4 heteroatoms. The van der Waals surface area contributed by atoms with E-state index in [1.54, 1.807) is 0 Å². The maximum atomic E-state index is 12.4. The summed E-state index contributed by atoms with van der Waals surface area (Å²) in [5.74, 6) is -1.49. The van der Waals surface area contributed by atoms with Crippen molar-refractivity contribution in [2.24, 2.45) is 22.7 Å². The molecule has 2 N–H and O–H groups in total. The zero-order valence-corrected chi connectivity index (χ0v) is 15.7. The lowest BCUT2D eigenvalue weighted by molar-refractivity contribution is -0.179. The highest BCUT2D eigenvalue weighted by Crippen LogP contribution is 2.56. The number of carbonyl (C=O) groups is 2. The molecule has 3 atom stereocenters. The molecule has 0 saturated carbocycles. The molecule has 3 unspecified atom stereocenters. The van der Waals surface area contributed by atoms with Crippen LogP contribution in [0.25, 0.3) is 0 Å². The Morgan fingerprint density at radius 2 is 1.50 bits per heavy atom. The quantitative estimate of drug-likeness (QED) is 0.541. The van der Waals surface area contributed by atoms with Crippen LogP contribution in [0.1, 0.15) is 79.1 Å². The van der Waals surface area contributed by atoms with Crippen molar-refractivity contribution in [3.8, 4) is 0 Å². The normalized spacial score (nSPS) is 28.0. The third-order valence-electron chi connectivity index (χ3n) is 5.77. The predicted molar refractivity (Wildman–Crippen MR) is 95.9 cm³/mol. The number of unbranched alkanes of at least 4 members (excludes halogenated alkanes) is 1. The summed E-state index contributed by atoms with van der Waals surface area (Å²) in [5.41, 5.74) is -2.41. The molecule has 0 aliphatic heterocycles. The maximum absolute atomic E-state index is 12.4. The molecular formula is C20H34O4. The van der Waals surface area contributed by atoms with Gasteiger partial charge in [0.2, 0.25) is 0 Å². The van der Waals surface area contributed by atoms with E-state index in [-0.39, 0.29) is 11.8 Å². The van der Waals surface area contributed by atoms with Crippen molar-refractivity contribution >= 4 is 11.9 Å². The minimum atomic E-state index is -1.21. The molecule has 0 aromatic carbocycles. The van der Waals surface area contributed by atoms with Crippen molar-refractivity contribution in [3.05, 3.63) is 12.2 Å². The van der Waals surface area contributed by atoms with E-state index >= 15 is 0 Å². The average molecular weight is 338 g/mol. The molecule has 0 heterocycles. The van der Waals surface area contributed by atoms with Gasteiger partial charge in [0.25, 0.3) is 0 Å². The number of carboxylic acids is 2. The van der Waals surface area contributed by atoms with Gasteiger partial charge in [-0.15, -0.1) is 0 Å². The van der Waals surface area contributed by atoms with Gasteiger partial charge in [-0.1, -0.05) is 65.5 Å². The summed E-state index contributed by atoms with van der Waals surface area (Å²) in [7, 11) is 0. The monoisotopic (exact) mass is 338 g/mol. The van der Waals surface area contributed by atoms with Crippen LogP contribution >= 0.6 is 0 Å². The first-order valence-corrected chi connectivity index (χ1v) is 9.37. The van der Waals surface area contributed by atoms with Gasteiger partial charge < -0.3 is 10.2 Å². The summed E-state index contributed by atoms with van der Waals surface area (Å²) >= 11 is 0. The molecule has 0 amide bonds. The molecular weight excluding hydrogens is 304 g/mol. The smallest absolute Gasteiger partial charge is 0.311 e. The van der Waals surface area contributed by atoms with Crippen LogP contribution in [-0.2, 0) is 9.59 Å². The van der Waals surface area contributed by atoms with Crippen LogP contribution in [0.4, 0.5) is 0 Å². The lowest BCUT2D eigenvalue weighted by Gasteiger charge is -2.48. The number of hydrogen-bond acceptors (Lipinski definition) is 2. The maximum Gasteiger partial charge on any atom is 0.311 e. The molecule has 1 aliphatic carbocycles. The highest BCUT2D eigenvalue weighted by molar-refractivity contribution is 5.87. The van der Waals surface area contributed by atoms with Gasteiger partial charge in [0.1, 0.15) is 0 Å². The summed E-state index contributed by atoms with van der Waals surface area (Å²) in [6, 6.07) is 0. The lowest BCUT2D eigenvalue weighted by Crippen LogP contribution is -2.55. The summed E-state index contributed by atoms with van der Waals surface area (Å²) in [5, 5.41) is 20.2. The first-order valence-electron chi connectivity index (χ1n) is 9.37. The van der Waals surface area contributed by atoms with Crippen LogP contribution in [0.5, 0.6) is 0 Å². The Bertz CT molecular complexity index is 468. The van der Waals surface area contributed by atoms with E-state index in [1.807, 2.05) is 26.0 Å². The fourth-order valence-electron chi connectivity index (χ4n) is 4.41. The first kappa shape index (κ1) is 20.7. The molecule has 0 spiro atoms. The molecule has 4 nitrogen and oxygen atoms in total. The van der Waals surface area contributed by atoms with Crippen molar-refractivity contribution in [2.75, 3.05) is 0 Å². The van der Waals surface area contributed by atoms with Crippen molar-refractivity contribution < 1.29 is 19.8 Å². The second-order valence-corrected chi connectivity index (χ2v) is 7.87. The van der Waals surface area contributed by atoms with E-state index < -0.39 is 22.8 Å². The van der Waals surface area contributed by atoms with Crippen LogP contribution in [-0.4, -0.2) is 22.2 Å². The van der Waals surface area contributed by atoms with Crippen molar-refractivity contribution in [3.63, 3.8) is 0 Å². The number of hydrogen-bond donors (Lipinski definition) is 2. The molecule has 0 saturated heterocycles. The Kier molecular flexibility index (Phi) is 7.50. The summed E-state index contributed by atoms with van der Waals surface area (Å²) in [6.07, 6.45) is 9.26. The lowest BCUT2D eigenvalue weighted by atomic mass is 9.52. The number of allylic oxidation sites excluding steroid dienone is 2. The predicted octanol–water partition coefficient (Wildman–Crippen LogP) is 5.13. The van der Waals surface area contributed by atoms with E-state index in [0.717, 1.165) is 25.7 Å². The first-order chi connectivity index (χ1) is 11.3. The third kappa shape index (κ3) is 4.01. The van der Waals surface area contributed by atoms with E-state index in [9.17, 15) is 19.8 Å².